The van der Waals surface area contributed by atoms with E-state index >= 15 is 0 Å². The molecule has 2 N–H and O–H groups in total. The lowest BCUT2D eigenvalue weighted by molar-refractivity contribution is 0.0990. The topological polar surface area (TPSA) is 57.5 Å². The number of unbranched alkanes of at least 4 members (excludes halogenated alkanes) is 1. The van der Waals surface area contributed by atoms with Gasteiger partial charge in [-0.2, -0.15) is 0 Å². The summed E-state index contributed by atoms with van der Waals surface area (Å²) < 4.78 is 0. The molecule has 21 heavy (non-hydrogen) atoms. The molecule has 0 aliphatic heterocycles. The average molecular weight is 284 g/mol. The summed E-state index contributed by atoms with van der Waals surface area (Å²) in [5, 5.41) is 19.8. The molecule has 0 aliphatic rings. The molecule has 0 radical (unpaired) electrons. The van der Waals surface area contributed by atoms with Crippen molar-refractivity contribution in [2.75, 3.05) is 0 Å². The lowest BCUT2D eigenvalue weighted by atomic mass is 9.98. The number of phenolic OH excluding ortho intramolecular Hbond substituents is 2. The van der Waals surface area contributed by atoms with Gasteiger partial charge in [-0.15, -0.1) is 0 Å². The van der Waals surface area contributed by atoms with E-state index in [9.17, 15) is 15.0 Å². The molecule has 2 rings (SSSR count). The molecule has 0 spiro atoms. The van der Waals surface area contributed by atoms with E-state index in [4.69, 9.17) is 0 Å². The van der Waals surface area contributed by atoms with Crippen LogP contribution in [0.25, 0.3) is 0 Å². The predicted molar refractivity (Wildman–Crippen MR) is 82.9 cm³/mol. The minimum absolute atomic E-state index is 0.0530. The molecule has 2 aromatic carbocycles. The van der Waals surface area contributed by atoms with Crippen LogP contribution in [-0.4, -0.2) is 16.0 Å². The number of hydrogen-bond donors (Lipinski definition) is 2. The fourth-order valence-corrected chi connectivity index (χ4v) is 2.29. The fourth-order valence-electron chi connectivity index (χ4n) is 2.29. The SMILES string of the molecule is CCCCc1cc(C(=O)Cc2ccccc2)c(O)cc1O. The van der Waals surface area contributed by atoms with Crippen LogP contribution in [0.3, 0.4) is 0 Å². The fraction of sp³-hybridized carbons (Fsp3) is 0.278. The van der Waals surface area contributed by atoms with E-state index in [1.54, 1.807) is 6.07 Å². The highest BCUT2D eigenvalue weighted by Crippen LogP contribution is 2.29. The molecular weight excluding hydrogens is 264 g/mol. The van der Waals surface area contributed by atoms with E-state index in [-0.39, 0.29) is 29.3 Å². The van der Waals surface area contributed by atoms with Gasteiger partial charge in [-0.05, 0) is 30.0 Å². The van der Waals surface area contributed by atoms with Crippen LogP contribution >= 0.6 is 0 Å². The summed E-state index contributed by atoms with van der Waals surface area (Å²) >= 11 is 0. The van der Waals surface area contributed by atoms with Crippen molar-refractivity contribution in [2.45, 2.75) is 32.6 Å². The molecule has 0 saturated heterocycles. The second-order valence-electron chi connectivity index (χ2n) is 5.19. The van der Waals surface area contributed by atoms with Crippen LogP contribution < -0.4 is 0 Å². The number of aryl methyl sites for hydroxylation is 1. The third-order valence-electron chi connectivity index (χ3n) is 3.50. The van der Waals surface area contributed by atoms with Gasteiger partial charge in [-0.25, -0.2) is 0 Å². The zero-order chi connectivity index (χ0) is 15.2. The van der Waals surface area contributed by atoms with Gasteiger partial charge in [0.15, 0.2) is 5.78 Å². The Morgan fingerprint density at radius 1 is 1.05 bits per heavy atom. The summed E-state index contributed by atoms with van der Waals surface area (Å²) in [7, 11) is 0. The Hall–Kier alpha value is -2.29. The highest BCUT2D eigenvalue weighted by molar-refractivity contribution is 6.00. The Morgan fingerprint density at radius 2 is 1.76 bits per heavy atom. The predicted octanol–water partition coefficient (Wildman–Crippen LogP) is 3.87. The molecular formula is C18H20O3. The lowest BCUT2D eigenvalue weighted by Gasteiger charge is -2.09. The minimum atomic E-state index is -0.159. The summed E-state index contributed by atoms with van der Waals surface area (Å²) in [5.74, 6) is -0.248. The molecule has 3 nitrogen and oxygen atoms in total. The number of phenols is 2. The Kier molecular flexibility index (Phi) is 4.99. The number of carbonyl (C=O) groups excluding carboxylic acids is 1. The summed E-state index contributed by atoms with van der Waals surface area (Å²) in [6.07, 6.45) is 2.89. The number of ketones is 1. The second-order valence-corrected chi connectivity index (χ2v) is 5.19. The third kappa shape index (κ3) is 3.85. The van der Waals surface area contributed by atoms with Crippen LogP contribution in [0.4, 0.5) is 0 Å². The van der Waals surface area contributed by atoms with Gasteiger partial charge in [0.1, 0.15) is 11.5 Å². The van der Waals surface area contributed by atoms with Gasteiger partial charge in [-0.1, -0.05) is 43.7 Å². The number of benzene rings is 2. The van der Waals surface area contributed by atoms with E-state index in [0.29, 0.717) is 12.0 Å². The van der Waals surface area contributed by atoms with Gasteiger partial charge >= 0.3 is 0 Å². The van der Waals surface area contributed by atoms with Gasteiger partial charge < -0.3 is 10.2 Å². The van der Waals surface area contributed by atoms with Crippen molar-refractivity contribution in [1.29, 1.82) is 0 Å². The molecule has 0 unspecified atom stereocenters. The monoisotopic (exact) mass is 284 g/mol. The molecule has 0 saturated carbocycles. The highest BCUT2D eigenvalue weighted by Gasteiger charge is 2.15. The van der Waals surface area contributed by atoms with Crippen molar-refractivity contribution >= 4 is 5.78 Å². The zero-order valence-electron chi connectivity index (χ0n) is 12.2. The Balaban J connectivity index is 2.23. The average Bonchev–Trinajstić information content (AvgIpc) is 2.47. The molecule has 2 aromatic rings. The van der Waals surface area contributed by atoms with Crippen molar-refractivity contribution in [3.05, 3.63) is 59.2 Å². The Morgan fingerprint density at radius 3 is 2.43 bits per heavy atom. The summed E-state index contributed by atoms with van der Waals surface area (Å²) in [6.45, 7) is 2.07. The Bertz CT molecular complexity index is 618. The van der Waals surface area contributed by atoms with Crippen molar-refractivity contribution < 1.29 is 15.0 Å². The molecule has 0 fully saturated rings. The van der Waals surface area contributed by atoms with E-state index in [2.05, 4.69) is 6.92 Å². The number of aromatic hydroxyl groups is 2. The second kappa shape index (κ2) is 6.93. The van der Waals surface area contributed by atoms with Crippen LogP contribution in [0.5, 0.6) is 11.5 Å². The summed E-state index contributed by atoms with van der Waals surface area (Å²) in [5.41, 5.74) is 1.90. The van der Waals surface area contributed by atoms with Crippen LogP contribution in [0.1, 0.15) is 41.3 Å². The van der Waals surface area contributed by atoms with Crippen LogP contribution in [-0.2, 0) is 12.8 Å². The maximum absolute atomic E-state index is 12.3. The van der Waals surface area contributed by atoms with Crippen molar-refractivity contribution in [2.24, 2.45) is 0 Å². The van der Waals surface area contributed by atoms with Crippen LogP contribution in [0.15, 0.2) is 42.5 Å². The largest absolute Gasteiger partial charge is 0.508 e. The van der Waals surface area contributed by atoms with Gasteiger partial charge in [0.2, 0.25) is 0 Å². The van der Waals surface area contributed by atoms with E-state index in [1.165, 1.54) is 6.07 Å². The van der Waals surface area contributed by atoms with E-state index in [1.807, 2.05) is 30.3 Å². The van der Waals surface area contributed by atoms with Gasteiger partial charge in [0.05, 0.1) is 5.56 Å². The number of carbonyl (C=O) groups is 1. The molecule has 0 aliphatic carbocycles. The summed E-state index contributed by atoms with van der Waals surface area (Å²) in [4.78, 5) is 12.3. The first-order valence-corrected chi connectivity index (χ1v) is 7.23. The number of rotatable bonds is 6. The third-order valence-corrected chi connectivity index (χ3v) is 3.50. The first-order valence-electron chi connectivity index (χ1n) is 7.23. The van der Waals surface area contributed by atoms with E-state index in [0.717, 1.165) is 18.4 Å². The number of hydrogen-bond acceptors (Lipinski definition) is 3. The maximum atomic E-state index is 12.3. The van der Waals surface area contributed by atoms with Crippen molar-refractivity contribution in [3.63, 3.8) is 0 Å². The standard InChI is InChI=1S/C18H20O3/c1-2-3-9-14-11-15(18(21)12-16(14)19)17(20)10-13-7-5-4-6-8-13/h4-8,11-12,19,21H,2-3,9-10H2,1H3. The first kappa shape index (κ1) is 15.1. The molecule has 0 aromatic heterocycles. The highest BCUT2D eigenvalue weighted by atomic mass is 16.3. The lowest BCUT2D eigenvalue weighted by Crippen LogP contribution is -2.05. The molecule has 110 valence electrons. The van der Waals surface area contributed by atoms with Crippen LogP contribution in [0, 0.1) is 0 Å². The number of Topliss-reactive ketones (excluding diaryl/α,β-unsaturated/α-hetero) is 1. The normalized spacial score (nSPS) is 10.5. The minimum Gasteiger partial charge on any atom is -0.508 e. The van der Waals surface area contributed by atoms with E-state index < -0.39 is 0 Å². The van der Waals surface area contributed by atoms with Gasteiger partial charge in [-0.3, -0.25) is 4.79 Å². The molecule has 0 amide bonds. The smallest absolute Gasteiger partial charge is 0.170 e. The van der Waals surface area contributed by atoms with Crippen LogP contribution in [0.2, 0.25) is 0 Å². The molecule has 0 bridgehead atoms. The molecule has 3 heteroatoms. The van der Waals surface area contributed by atoms with Crippen molar-refractivity contribution in [1.82, 2.24) is 0 Å². The first-order chi connectivity index (χ1) is 10.1. The zero-order valence-corrected chi connectivity index (χ0v) is 12.2. The maximum Gasteiger partial charge on any atom is 0.170 e. The van der Waals surface area contributed by atoms with Gasteiger partial charge in [0.25, 0.3) is 0 Å². The van der Waals surface area contributed by atoms with Crippen molar-refractivity contribution in [3.8, 4) is 11.5 Å². The molecule has 0 heterocycles. The quantitative estimate of drug-likeness (QED) is 0.792. The summed E-state index contributed by atoms with van der Waals surface area (Å²) in [6, 6.07) is 12.3. The Labute approximate surface area is 124 Å². The van der Waals surface area contributed by atoms with Gasteiger partial charge in [0, 0.05) is 12.5 Å². The molecule has 0 atom stereocenters.